The molecule has 0 fully saturated rings. The highest BCUT2D eigenvalue weighted by molar-refractivity contribution is 8.01. The number of carbonyl (C=O) groups excluding carboxylic acids is 1. The molecule has 0 bridgehead atoms. The van der Waals surface area contributed by atoms with Crippen LogP contribution in [0.3, 0.4) is 0 Å². The van der Waals surface area contributed by atoms with Gasteiger partial charge in [0.1, 0.15) is 5.51 Å². The summed E-state index contributed by atoms with van der Waals surface area (Å²) in [6, 6.07) is 4.62. The number of benzene rings is 1. The minimum Gasteiger partial charge on any atom is -0.311 e. The molecule has 1 aromatic heterocycles. The fourth-order valence-electron chi connectivity index (χ4n) is 2.19. The summed E-state index contributed by atoms with van der Waals surface area (Å²) in [4.78, 5) is 24.3. The Morgan fingerprint density at radius 1 is 1.52 bits per heavy atom. The first-order valence-electron chi connectivity index (χ1n) is 6.12. The van der Waals surface area contributed by atoms with E-state index in [1.807, 2.05) is 0 Å². The van der Waals surface area contributed by atoms with E-state index in [-0.39, 0.29) is 17.3 Å². The molecule has 0 spiro atoms. The topological polar surface area (TPSA) is 89.2 Å². The minimum absolute atomic E-state index is 0.0252. The lowest BCUT2D eigenvalue weighted by molar-refractivity contribution is -0.384. The second-order valence-corrected chi connectivity index (χ2v) is 6.41. The van der Waals surface area contributed by atoms with Crippen molar-refractivity contribution in [2.45, 2.75) is 10.8 Å². The van der Waals surface area contributed by atoms with Crippen LogP contribution in [-0.2, 0) is 11.2 Å². The van der Waals surface area contributed by atoms with E-state index in [2.05, 4.69) is 10.2 Å². The third-order valence-electron chi connectivity index (χ3n) is 3.13. The largest absolute Gasteiger partial charge is 0.311 e. The van der Waals surface area contributed by atoms with Gasteiger partial charge in [0.05, 0.1) is 10.7 Å². The average molecular weight is 322 g/mol. The summed E-state index contributed by atoms with van der Waals surface area (Å²) in [6.45, 7) is 0.562. The van der Waals surface area contributed by atoms with Crippen LogP contribution in [0.5, 0.6) is 0 Å². The number of rotatable bonds is 4. The van der Waals surface area contributed by atoms with Gasteiger partial charge in [-0.3, -0.25) is 14.9 Å². The van der Waals surface area contributed by atoms with Gasteiger partial charge in [-0.2, -0.15) is 0 Å². The molecule has 0 N–H and O–H groups in total. The molecule has 21 heavy (non-hydrogen) atoms. The highest BCUT2D eigenvalue weighted by Crippen LogP contribution is 2.32. The minimum atomic E-state index is -0.421. The fraction of sp³-hybridized carbons (Fsp3) is 0.250. The number of hydrogen-bond acceptors (Lipinski definition) is 7. The zero-order valence-electron chi connectivity index (χ0n) is 10.8. The van der Waals surface area contributed by atoms with Gasteiger partial charge < -0.3 is 4.90 Å². The molecule has 0 unspecified atom stereocenters. The molecule has 0 aliphatic carbocycles. The van der Waals surface area contributed by atoms with E-state index in [4.69, 9.17) is 0 Å². The summed E-state index contributed by atoms with van der Waals surface area (Å²) >= 11 is 2.74. The summed E-state index contributed by atoms with van der Waals surface area (Å²) in [5.74, 6) is 0.258. The highest BCUT2D eigenvalue weighted by Gasteiger charge is 2.26. The van der Waals surface area contributed by atoms with Crippen LogP contribution in [0, 0.1) is 10.1 Å². The first-order chi connectivity index (χ1) is 10.1. The van der Waals surface area contributed by atoms with Gasteiger partial charge in [0.25, 0.3) is 5.69 Å². The van der Waals surface area contributed by atoms with Crippen molar-refractivity contribution in [2.75, 3.05) is 17.2 Å². The molecular weight excluding hydrogens is 312 g/mol. The lowest BCUT2D eigenvalue weighted by atomic mass is 10.1. The monoisotopic (exact) mass is 322 g/mol. The van der Waals surface area contributed by atoms with E-state index in [1.54, 1.807) is 22.5 Å². The Morgan fingerprint density at radius 3 is 3.10 bits per heavy atom. The number of amides is 1. The Labute approximate surface area is 128 Å². The molecule has 0 saturated carbocycles. The molecule has 1 aliphatic rings. The molecule has 2 heterocycles. The molecule has 9 heteroatoms. The molecule has 0 radical (unpaired) electrons. The van der Waals surface area contributed by atoms with E-state index in [9.17, 15) is 14.9 Å². The molecule has 1 amide bonds. The van der Waals surface area contributed by atoms with Crippen LogP contribution in [0.2, 0.25) is 0 Å². The first kappa shape index (κ1) is 14.0. The van der Waals surface area contributed by atoms with Crippen molar-refractivity contribution in [1.29, 1.82) is 0 Å². The predicted molar refractivity (Wildman–Crippen MR) is 79.8 cm³/mol. The van der Waals surface area contributed by atoms with E-state index < -0.39 is 4.92 Å². The van der Waals surface area contributed by atoms with Crippen molar-refractivity contribution in [1.82, 2.24) is 10.2 Å². The number of anilines is 1. The maximum atomic E-state index is 12.2. The van der Waals surface area contributed by atoms with Crippen LogP contribution in [0.15, 0.2) is 28.0 Å². The number of nitrogens with zero attached hydrogens (tertiary/aromatic N) is 4. The van der Waals surface area contributed by atoms with Crippen LogP contribution < -0.4 is 4.90 Å². The molecule has 2 aromatic rings. The van der Waals surface area contributed by atoms with Gasteiger partial charge in [-0.25, -0.2) is 0 Å². The quantitative estimate of drug-likeness (QED) is 0.486. The van der Waals surface area contributed by atoms with Gasteiger partial charge in [0.15, 0.2) is 4.34 Å². The van der Waals surface area contributed by atoms with Crippen molar-refractivity contribution in [2.24, 2.45) is 0 Å². The van der Waals surface area contributed by atoms with E-state index in [1.165, 1.54) is 29.2 Å². The number of hydrogen-bond donors (Lipinski definition) is 0. The van der Waals surface area contributed by atoms with Crippen LogP contribution in [0.25, 0.3) is 0 Å². The second kappa shape index (κ2) is 5.78. The van der Waals surface area contributed by atoms with Gasteiger partial charge >= 0.3 is 0 Å². The highest BCUT2D eigenvalue weighted by atomic mass is 32.2. The standard InChI is InChI=1S/C12H10N4O3S2/c17-11(6-20-12-14-13-7-21-12)15-4-3-8-5-9(16(18)19)1-2-10(8)15/h1-2,5,7H,3-4,6H2. The van der Waals surface area contributed by atoms with Crippen molar-refractivity contribution in [3.63, 3.8) is 0 Å². The van der Waals surface area contributed by atoms with E-state index in [0.29, 0.717) is 13.0 Å². The molecule has 1 aromatic carbocycles. The maximum absolute atomic E-state index is 12.2. The number of carbonyl (C=O) groups is 1. The molecule has 108 valence electrons. The van der Waals surface area contributed by atoms with Gasteiger partial charge in [-0.05, 0) is 18.1 Å². The van der Waals surface area contributed by atoms with Crippen molar-refractivity contribution in [3.8, 4) is 0 Å². The third kappa shape index (κ3) is 2.88. The van der Waals surface area contributed by atoms with Crippen molar-refractivity contribution < 1.29 is 9.72 Å². The molecular formula is C12H10N4O3S2. The van der Waals surface area contributed by atoms with Crippen LogP contribution >= 0.6 is 23.1 Å². The van der Waals surface area contributed by atoms with Gasteiger partial charge in [0, 0.05) is 24.4 Å². The Morgan fingerprint density at radius 2 is 2.38 bits per heavy atom. The van der Waals surface area contributed by atoms with Crippen LogP contribution in [-0.4, -0.2) is 33.3 Å². The number of non-ortho nitro benzene ring substituents is 1. The molecule has 7 nitrogen and oxygen atoms in total. The molecule has 3 rings (SSSR count). The van der Waals surface area contributed by atoms with Crippen LogP contribution in [0.4, 0.5) is 11.4 Å². The average Bonchev–Trinajstić information content (AvgIpc) is 3.13. The van der Waals surface area contributed by atoms with E-state index in [0.717, 1.165) is 15.6 Å². The zero-order valence-corrected chi connectivity index (χ0v) is 12.4. The van der Waals surface area contributed by atoms with Gasteiger partial charge in [0.2, 0.25) is 5.91 Å². The number of nitro groups is 1. The van der Waals surface area contributed by atoms with Gasteiger partial charge in [-0.1, -0.05) is 23.1 Å². The zero-order chi connectivity index (χ0) is 14.8. The Kier molecular flexibility index (Phi) is 3.84. The first-order valence-corrected chi connectivity index (χ1v) is 7.98. The normalized spacial score (nSPS) is 13.2. The summed E-state index contributed by atoms with van der Waals surface area (Å²) < 4.78 is 0.756. The Bertz CT molecular complexity index is 690. The number of thioether (sulfide) groups is 1. The third-order valence-corrected chi connectivity index (χ3v) is 4.97. The fourth-order valence-corrected chi connectivity index (χ4v) is 3.55. The number of aromatic nitrogens is 2. The Hall–Kier alpha value is -2.00. The SMILES string of the molecule is O=C(CSc1nncs1)N1CCc2cc([N+](=O)[O-])ccc21. The van der Waals surface area contributed by atoms with Crippen molar-refractivity contribution in [3.05, 3.63) is 39.4 Å². The lowest BCUT2D eigenvalue weighted by Gasteiger charge is -2.16. The summed E-state index contributed by atoms with van der Waals surface area (Å²) in [6.07, 6.45) is 0.645. The maximum Gasteiger partial charge on any atom is 0.269 e. The van der Waals surface area contributed by atoms with E-state index >= 15 is 0 Å². The van der Waals surface area contributed by atoms with Gasteiger partial charge in [-0.15, -0.1) is 10.2 Å². The molecule has 1 aliphatic heterocycles. The second-order valence-electron chi connectivity index (χ2n) is 4.36. The lowest BCUT2D eigenvalue weighted by Crippen LogP contribution is -2.30. The molecule has 0 saturated heterocycles. The summed E-state index contributed by atoms with van der Waals surface area (Å²) in [7, 11) is 0. The van der Waals surface area contributed by atoms with Crippen LogP contribution in [0.1, 0.15) is 5.56 Å². The summed E-state index contributed by atoms with van der Waals surface area (Å²) in [5, 5.41) is 18.4. The summed E-state index contributed by atoms with van der Waals surface area (Å²) in [5.41, 5.74) is 3.30. The number of fused-ring (bicyclic) bond motifs is 1. The Balaban J connectivity index is 1.71. The number of nitro benzene ring substituents is 1. The molecule has 0 atom stereocenters. The predicted octanol–water partition coefficient (Wildman–Crippen LogP) is 2.13. The smallest absolute Gasteiger partial charge is 0.269 e. The van der Waals surface area contributed by atoms with Crippen molar-refractivity contribution >= 4 is 40.4 Å².